The van der Waals surface area contributed by atoms with Crippen LogP contribution in [0.3, 0.4) is 0 Å². The highest BCUT2D eigenvalue weighted by atomic mass is 16.5. The molecule has 1 saturated carbocycles. The van der Waals surface area contributed by atoms with Crippen LogP contribution in [0.5, 0.6) is 5.75 Å². The molecular formula is C19H25N5O. The number of hydrogen-bond acceptors (Lipinski definition) is 5. The minimum absolute atomic E-state index is 0.292. The monoisotopic (exact) mass is 339 g/mol. The van der Waals surface area contributed by atoms with Crippen LogP contribution in [0, 0.1) is 11.3 Å². The molecular weight excluding hydrogens is 314 g/mol. The van der Waals surface area contributed by atoms with Crippen LogP contribution in [0.15, 0.2) is 18.2 Å². The molecule has 0 atom stereocenters. The van der Waals surface area contributed by atoms with E-state index in [-0.39, 0.29) is 0 Å². The lowest BCUT2D eigenvalue weighted by molar-refractivity contribution is 0.372. The van der Waals surface area contributed by atoms with Crippen LogP contribution in [0.25, 0.3) is 11.3 Å². The Morgan fingerprint density at radius 1 is 1.24 bits per heavy atom. The number of nitriles is 1. The van der Waals surface area contributed by atoms with Gasteiger partial charge in [-0.2, -0.15) is 10.4 Å². The highest BCUT2D eigenvalue weighted by Crippen LogP contribution is 2.38. The Morgan fingerprint density at radius 2 is 2.00 bits per heavy atom. The molecule has 0 unspecified atom stereocenters. The van der Waals surface area contributed by atoms with Crippen molar-refractivity contribution in [2.75, 3.05) is 12.0 Å². The molecule has 132 valence electrons. The molecule has 0 bridgehead atoms. The van der Waals surface area contributed by atoms with Crippen LogP contribution in [0.2, 0.25) is 0 Å². The predicted octanol–water partition coefficient (Wildman–Crippen LogP) is 3.72. The maximum absolute atomic E-state index is 9.65. The Bertz CT molecular complexity index is 769. The third-order valence-corrected chi connectivity index (χ3v) is 4.83. The summed E-state index contributed by atoms with van der Waals surface area (Å²) in [6, 6.07) is 8.50. The highest BCUT2D eigenvalue weighted by Gasteiger charge is 2.26. The third kappa shape index (κ3) is 3.33. The lowest BCUT2D eigenvalue weighted by Crippen LogP contribution is -2.26. The van der Waals surface area contributed by atoms with Gasteiger partial charge in [0, 0.05) is 17.5 Å². The molecule has 1 aliphatic carbocycles. The van der Waals surface area contributed by atoms with E-state index in [2.05, 4.69) is 21.6 Å². The number of hydrogen-bond donors (Lipinski definition) is 3. The smallest absolute Gasteiger partial charge is 0.159 e. The minimum atomic E-state index is 0.292. The third-order valence-electron chi connectivity index (χ3n) is 4.83. The van der Waals surface area contributed by atoms with E-state index >= 15 is 0 Å². The van der Waals surface area contributed by atoms with Gasteiger partial charge < -0.3 is 15.8 Å². The second-order valence-electron chi connectivity index (χ2n) is 6.26. The van der Waals surface area contributed by atoms with E-state index in [0.29, 0.717) is 29.9 Å². The van der Waals surface area contributed by atoms with Crippen LogP contribution >= 0.6 is 0 Å². The molecule has 4 N–H and O–H groups in total. The van der Waals surface area contributed by atoms with Crippen LogP contribution in [0.4, 0.5) is 5.69 Å². The maximum Gasteiger partial charge on any atom is 0.159 e. The molecule has 2 aromatic rings. The molecule has 1 aromatic carbocycles. The molecule has 0 spiro atoms. The molecule has 6 nitrogen and oxygen atoms in total. The van der Waals surface area contributed by atoms with Gasteiger partial charge in [0.1, 0.15) is 23.1 Å². The fraction of sp³-hybridized carbons (Fsp3) is 0.474. The van der Waals surface area contributed by atoms with Gasteiger partial charge in [-0.15, -0.1) is 0 Å². The van der Waals surface area contributed by atoms with E-state index in [9.17, 15) is 5.26 Å². The number of aromatic amines is 1. The van der Waals surface area contributed by atoms with Gasteiger partial charge in [-0.3, -0.25) is 5.10 Å². The Hall–Kier alpha value is -2.52. The number of anilines is 1. The van der Waals surface area contributed by atoms with Crippen molar-refractivity contribution in [1.29, 1.82) is 5.26 Å². The summed E-state index contributed by atoms with van der Waals surface area (Å²) < 4.78 is 5.52. The zero-order valence-electron chi connectivity index (χ0n) is 14.8. The molecule has 25 heavy (non-hydrogen) atoms. The van der Waals surface area contributed by atoms with Crippen LogP contribution < -0.4 is 15.8 Å². The molecule has 1 fully saturated rings. The van der Waals surface area contributed by atoms with Crippen molar-refractivity contribution in [3.63, 3.8) is 0 Å². The summed E-state index contributed by atoms with van der Waals surface area (Å²) in [6.45, 7) is 4.48. The lowest BCUT2D eigenvalue weighted by Gasteiger charge is -2.25. The van der Waals surface area contributed by atoms with Crippen molar-refractivity contribution in [2.24, 2.45) is 5.73 Å². The normalized spacial score (nSPS) is 21.2. The summed E-state index contributed by atoms with van der Waals surface area (Å²) >= 11 is 0. The Labute approximate surface area is 148 Å². The lowest BCUT2D eigenvalue weighted by atomic mass is 9.83. The second-order valence-corrected chi connectivity index (χ2v) is 6.26. The fourth-order valence-electron chi connectivity index (χ4n) is 3.51. The van der Waals surface area contributed by atoms with E-state index in [1.807, 2.05) is 32.0 Å². The number of nitrogens with two attached hydrogens (primary N) is 1. The van der Waals surface area contributed by atoms with Crippen molar-refractivity contribution in [2.45, 2.75) is 51.5 Å². The van der Waals surface area contributed by atoms with Crippen molar-refractivity contribution >= 4 is 5.69 Å². The van der Waals surface area contributed by atoms with Gasteiger partial charge in [-0.05, 0) is 37.8 Å². The zero-order chi connectivity index (χ0) is 17.8. The zero-order valence-corrected chi connectivity index (χ0v) is 14.8. The first-order valence-corrected chi connectivity index (χ1v) is 9.01. The first-order chi connectivity index (χ1) is 12.3. The van der Waals surface area contributed by atoms with Gasteiger partial charge in [-0.25, -0.2) is 0 Å². The van der Waals surface area contributed by atoms with E-state index in [0.717, 1.165) is 48.4 Å². The average Bonchev–Trinajstić information content (AvgIpc) is 3.29. The van der Waals surface area contributed by atoms with Gasteiger partial charge in [-0.1, -0.05) is 19.9 Å². The number of benzene rings is 1. The van der Waals surface area contributed by atoms with Crippen molar-refractivity contribution < 1.29 is 4.74 Å². The van der Waals surface area contributed by atoms with Gasteiger partial charge >= 0.3 is 0 Å². The Kier molecular flexibility index (Phi) is 5.25. The summed E-state index contributed by atoms with van der Waals surface area (Å²) in [7, 11) is 0. The van der Waals surface area contributed by atoms with Gasteiger partial charge in [0.25, 0.3) is 0 Å². The second kappa shape index (κ2) is 7.58. The first kappa shape index (κ1) is 17.3. The molecule has 6 heteroatoms. The summed E-state index contributed by atoms with van der Waals surface area (Å²) in [5.74, 6) is 1.15. The summed E-state index contributed by atoms with van der Waals surface area (Å²) in [5, 5.41) is 20.3. The molecule has 1 aliphatic heterocycles. The number of nitrogens with zero attached hydrogens (tertiary/aromatic N) is 2. The van der Waals surface area contributed by atoms with Gasteiger partial charge in [0.2, 0.25) is 0 Å². The first-order valence-electron chi connectivity index (χ1n) is 9.01. The summed E-state index contributed by atoms with van der Waals surface area (Å²) in [4.78, 5) is 0. The van der Waals surface area contributed by atoms with Crippen molar-refractivity contribution in [1.82, 2.24) is 10.2 Å². The van der Waals surface area contributed by atoms with E-state index in [1.165, 1.54) is 0 Å². The molecule has 1 aromatic heterocycles. The predicted molar refractivity (Wildman–Crippen MR) is 98.4 cm³/mol. The highest BCUT2D eigenvalue weighted by molar-refractivity contribution is 5.74. The standard InChI is InChI=1S/C17H19N5O.C2H6/c18-8-13-16(10-1-4-12(19)5-2-10)21-22-17(13)11-3-6-14-15(7-11)23-9-20-14;1-2/h3,6-7,10,12,20H,1-2,4-5,9,19H2,(H,21,22);1-2H3. The average molecular weight is 339 g/mol. The van der Waals surface area contributed by atoms with E-state index in [1.54, 1.807) is 0 Å². The summed E-state index contributed by atoms with van der Waals surface area (Å²) in [6.07, 6.45) is 4.02. The Balaban J connectivity index is 0.000000880. The molecule has 0 amide bonds. The molecule has 0 saturated heterocycles. The van der Waals surface area contributed by atoms with Crippen LogP contribution in [-0.4, -0.2) is 23.0 Å². The summed E-state index contributed by atoms with van der Waals surface area (Å²) in [5.41, 5.74) is 10.2. The van der Waals surface area contributed by atoms with E-state index < -0.39 is 0 Å². The number of H-pyrrole nitrogens is 1. The molecule has 4 rings (SSSR count). The Morgan fingerprint density at radius 3 is 2.72 bits per heavy atom. The van der Waals surface area contributed by atoms with Gasteiger partial charge in [0.15, 0.2) is 6.73 Å². The number of aromatic nitrogens is 2. The number of ether oxygens (including phenoxy) is 1. The maximum atomic E-state index is 9.65. The van der Waals surface area contributed by atoms with Crippen LogP contribution in [-0.2, 0) is 0 Å². The topological polar surface area (TPSA) is 99.7 Å². The quantitative estimate of drug-likeness (QED) is 0.774. The number of rotatable bonds is 2. The number of fused-ring (bicyclic) bond motifs is 1. The van der Waals surface area contributed by atoms with Crippen molar-refractivity contribution in [3.8, 4) is 23.1 Å². The molecule has 2 aliphatic rings. The molecule has 0 radical (unpaired) electrons. The number of nitrogens with one attached hydrogen (secondary N) is 2. The minimum Gasteiger partial charge on any atom is -0.471 e. The largest absolute Gasteiger partial charge is 0.471 e. The van der Waals surface area contributed by atoms with Crippen molar-refractivity contribution in [3.05, 3.63) is 29.5 Å². The fourth-order valence-corrected chi connectivity index (χ4v) is 3.51. The van der Waals surface area contributed by atoms with Gasteiger partial charge in [0.05, 0.1) is 11.4 Å². The van der Waals surface area contributed by atoms with Crippen LogP contribution in [0.1, 0.15) is 56.7 Å². The SMILES string of the molecule is CC.N#Cc1c(-c2ccc3c(c2)OCN3)n[nH]c1C1CCC(N)CC1. The van der Waals surface area contributed by atoms with E-state index in [4.69, 9.17) is 10.5 Å². The molecule has 2 heterocycles.